The van der Waals surface area contributed by atoms with Crippen LogP contribution in [0.1, 0.15) is 38.5 Å². The second-order valence-corrected chi connectivity index (χ2v) is 5.54. The fraction of sp³-hybridized carbons (Fsp3) is 0.667. The summed E-state index contributed by atoms with van der Waals surface area (Å²) in [6, 6.07) is 4.00. The van der Waals surface area contributed by atoms with E-state index in [0.29, 0.717) is 13.0 Å². The maximum Gasteiger partial charge on any atom is 0.221 e. The summed E-state index contributed by atoms with van der Waals surface area (Å²) < 4.78 is 2.08. The number of carbonyl (C=O) groups is 1. The van der Waals surface area contributed by atoms with Gasteiger partial charge in [0.2, 0.25) is 5.91 Å². The molecule has 4 nitrogen and oxygen atoms in total. The van der Waals surface area contributed by atoms with Gasteiger partial charge in [0.15, 0.2) is 0 Å². The number of hydrogen-bond donors (Lipinski definition) is 2. The van der Waals surface area contributed by atoms with Crippen molar-refractivity contribution < 1.29 is 4.79 Å². The molecular weight excluding hydrogens is 238 g/mol. The smallest absolute Gasteiger partial charge is 0.221 e. The molecule has 1 aromatic rings. The van der Waals surface area contributed by atoms with E-state index in [1.54, 1.807) is 0 Å². The summed E-state index contributed by atoms with van der Waals surface area (Å²) >= 11 is 0. The third kappa shape index (κ3) is 4.10. The van der Waals surface area contributed by atoms with Crippen LogP contribution in [0.25, 0.3) is 0 Å². The normalized spacial score (nSPS) is 18.2. The number of hydrogen-bond acceptors (Lipinski definition) is 2. The highest BCUT2D eigenvalue weighted by Gasteiger charge is 2.32. The number of rotatable bonds is 6. The zero-order valence-electron chi connectivity index (χ0n) is 11.8. The molecule has 0 aromatic carbocycles. The predicted octanol–water partition coefficient (Wildman–Crippen LogP) is 1.92. The maximum absolute atomic E-state index is 12.0. The van der Waals surface area contributed by atoms with Gasteiger partial charge in [-0.1, -0.05) is 19.3 Å². The summed E-state index contributed by atoms with van der Waals surface area (Å²) in [5.74, 6) is 0.170. The van der Waals surface area contributed by atoms with Crippen LogP contribution in [0.15, 0.2) is 24.5 Å². The van der Waals surface area contributed by atoms with Crippen molar-refractivity contribution in [3.05, 3.63) is 24.5 Å². The van der Waals surface area contributed by atoms with Gasteiger partial charge in [0.1, 0.15) is 0 Å². The minimum atomic E-state index is 0.0375. The lowest BCUT2D eigenvalue weighted by molar-refractivity contribution is -0.122. The highest BCUT2D eigenvalue weighted by molar-refractivity contribution is 5.77. The zero-order valence-corrected chi connectivity index (χ0v) is 11.8. The van der Waals surface area contributed by atoms with E-state index in [1.807, 2.05) is 31.6 Å². The van der Waals surface area contributed by atoms with Crippen molar-refractivity contribution >= 4 is 5.91 Å². The predicted molar refractivity (Wildman–Crippen MR) is 76.9 cm³/mol. The fourth-order valence-electron chi connectivity index (χ4n) is 2.96. The van der Waals surface area contributed by atoms with Crippen LogP contribution < -0.4 is 10.6 Å². The molecule has 0 spiro atoms. The molecule has 1 amide bonds. The summed E-state index contributed by atoms with van der Waals surface area (Å²) in [7, 11) is 1.98. The molecule has 106 valence electrons. The van der Waals surface area contributed by atoms with Gasteiger partial charge in [0, 0.05) is 37.4 Å². The van der Waals surface area contributed by atoms with E-state index in [4.69, 9.17) is 0 Å². The first-order chi connectivity index (χ1) is 9.24. The van der Waals surface area contributed by atoms with Crippen LogP contribution in [0.4, 0.5) is 0 Å². The highest BCUT2D eigenvalue weighted by Crippen LogP contribution is 2.30. The molecule has 4 heteroatoms. The topological polar surface area (TPSA) is 46.1 Å². The van der Waals surface area contributed by atoms with Crippen LogP contribution >= 0.6 is 0 Å². The van der Waals surface area contributed by atoms with Crippen molar-refractivity contribution in [3.8, 4) is 0 Å². The van der Waals surface area contributed by atoms with Crippen molar-refractivity contribution in [2.24, 2.45) is 0 Å². The van der Waals surface area contributed by atoms with Crippen molar-refractivity contribution in [2.45, 2.75) is 50.6 Å². The molecule has 0 radical (unpaired) electrons. The molecule has 0 unspecified atom stereocenters. The molecule has 0 atom stereocenters. The van der Waals surface area contributed by atoms with Gasteiger partial charge < -0.3 is 15.2 Å². The largest absolute Gasteiger partial charge is 0.354 e. The SMILES string of the molecule is CNC1(CC(=O)NCCn2cccc2)CCCCC1. The number of aromatic nitrogens is 1. The Morgan fingerprint density at radius 2 is 1.89 bits per heavy atom. The van der Waals surface area contributed by atoms with E-state index in [9.17, 15) is 4.79 Å². The van der Waals surface area contributed by atoms with E-state index < -0.39 is 0 Å². The third-order valence-electron chi connectivity index (χ3n) is 4.20. The molecule has 1 aliphatic carbocycles. The Morgan fingerprint density at radius 1 is 1.21 bits per heavy atom. The molecular formula is C15H25N3O. The Bertz CT molecular complexity index is 380. The van der Waals surface area contributed by atoms with Crippen molar-refractivity contribution in [1.29, 1.82) is 0 Å². The van der Waals surface area contributed by atoms with Crippen LogP contribution in [0.3, 0.4) is 0 Å². The molecule has 0 bridgehead atoms. The first-order valence-corrected chi connectivity index (χ1v) is 7.30. The summed E-state index contributed by atoms with van der Waals surface area (Å²) in [4.78, 5) is 12.0. The molecule has 2 rings (SSSR count). The quantitative estimate of drug-likeness (QED) is 0.823. The van der Waals surface area contributed by atoms with Gasteiger partial charge in [0.25, 0.3) is 0 Å². The van der Waals surface area contributed by atoms with Gasteiger partial charge >= 0.3 is 0 Å². The molecule has 1 aromatic heterocycles. The zero-order chi connectivity index (χ0) is 13.6. The first-order valence-electron chi connectivity index (χ1n) is 7.30. The Labute approximate surface area is 115 Å². The second-order valence-electron chi connectivity index (χ2n) is 5.54. The lowest BCUT2D eigenvalue weighted by Crippen LogP contribution is -2.48. The van der Waals surface area contributed by atoms with Crippen LogP contribution in [0.5, 0.6) is 0 Å². The van der Waals surface area contributed by atoms with Crippen LogP contribution in [-0.4, -0.2) is 29.6 Å². The lowest BCUT2D eigenvalue weighted by Gasteiger charge is -2.36. The molecule has 1 saturated carbocycles. The van der Waals surface area contributed by atoms with E-state index >= 15 is 0 Å². The molecule has 1 fully saturated rings. The maximum atomic E-state index is 12.0. The Balaban J connectivity index is 1.73. The average Bonchev–Trinajstić information content (AvgIpc) is 2.93. The van der Waals surface area contributed by atoms with E-state index in [1.165, 1.54) is 19.3 Å². The lowest BCUT2D eigenvalue weighted by atomic mass is 9.79. The minimum absolute atomic E-state index is 0.0375. The molecule has 2 N–H and O–H groups in total. The Morgan fingerprint density at radius 3 is 2.53 bits per heavy atom. The monoisotopic (exact) mass is 263 g/mol. The van der Waals surface area contributed by atoms with Crippen LogP contribution in [-0.2, 0) is 11.3 Å². The molecule has 0 aliphatic heterocycles. The third-order valence-corrected chi connectivity index (χ3v) is 4.20. The van der Waals surface area contributed by atoms with Gasteiger partial charge in [-0.3, -0.25) is 4.79 Å². The number of nitrogens with one attached hydrogen (secondary N) is 2. The van der Waals surface area contributed by atoms with Gasteiger partial charge in [-0.15, -0.1) is 0 Å². The molecule has 19 heavy (non-hydrogen) atoms. The van der Waals surface area contributed by atoms with Gasteiger partial charge in [-0.2, -0.15) is 0 Å². The fourth-order valence-corrected chi connectivity index (χ4v) is 2.96. The highest BCUT2D eigenvalue weighted by atomic mass is 16.1. The van der Waals surface area contributed by atoms with Gasteiger partial charge in [-0.05, 0) is 32.0 Å². The van der Waals surface area contributed by atoms with Crippen molar-refractivity contribution in [3.63, 3.8) is 0 Å². The van der Waals surface area contributed by atoms with Crippen molar-refractivity contribution in [2.75, 3.05) is 13.6 Å². The summed E-state index contributed by atoms with van der Waals surface area (Å²) in [5, 5.41) is 6.41. The standard InChI is InChI=1S/C15H25N3O/c1-16-15(7-3-2-4-8-15)13-14(19)17-9-12-18-10-5-6-11-18/h5-6,10-11,16H,2-4,7-9,12-13H2,1H3,(H,17,19). The first kappa shape index (κ1) is 14.1. The van der Waals surface area contributed by atoms with Crippen LogP contribution in [0.2, 0.25) is 0 Å². The van der Waals surface area contributed by atoms with E-state index in [-0.39, 0.29) is 11.4 Å². The summed E-state index contributed by atoms with van der Waals surface area (Å²) in [5.41, 5.74) is 0.0375. The Kier molecular flexibility index (Phi) is 5.02. The molecule has 0 saturated heterocycles. The van der Waals surface area contributed by atoms with E-state index in [0.717, 1.165) is 19.4 Å². The second kappa shape index (κ2) is 6.75. The van der Waals surface area contributed by atoms with Gasteiger partial charge in [0.05, 0.1) is 0 Å². The van der Waals surface area contributed by atoms with Crippen molar-refractivity contribution in [1.82, 2.24) is 15.2 Å². The number of amides is 1. The summed E-state index contributed by atoms with van der Waals surface area (Å²) in [6.07, 6.45) is 10.6. The number of nitrogens with zero attached hydrogens (tertiary/aromatic N) is 1. The Hall–Kier alpha value is -1.29. The number of carbonyl (C=O) groups excluding carboxylic acids is 1. The van der Waals surface area contributed by atoms with Gasteiger partial charge in [-0.25, -0.2) is 0 Å². The molecule has 1 aliphatic rings. The summed E-state index contributed by atoms with van der Waals surface area (Å²) in [6.45, 7) is 1.54. The van der Waals surface area contributed by atoms with E-state index in [2.05, 4.69) is 15.2 Å². The average molecular weight is 263 g/mol. The minimum Gasteiger partial charge on any atom is -0.354 e. The van der Waals surface area contributed by atoms with Crippen LogP contribution in [0, 0.1) is 0 Å². The molecule has 1 heterocycles.